The summed E-state index contributed by atoms with van der Waals surface area (Å²) in [5.41, 5.74) is 3.51. The van der Waals surface area contributed by atoms with Crippen molar-refractivity contribution in [3.63, 3.8) is 0 Å². The van der Waals surface area contributed by atoms with Crippen LogP contribution in [0.3, 0.4) is 0 Å². The molecular weight excluding hydrogens is 416 g/mol. The van der Waals surface area contributed by atoms with Crippen molar-refractivity contribution < 1.29 is 14.3 Å². The van der Waals surface area contributed by atoms with Crippen LogP contribution in [0.4, 0.5) is 0 Å². The average Bonchev–Trinajstić information content (AvgIpc) is 2.93. The molecule has 0 aliphatic heterocycles. The Labute approximate surface area is 163 Å². The van der Waals surface area contributed by atoms with Crippen molar-refractivity contribution in [2.75, 3.05) is 7.11 Å². The van der Waals surface area contributed by atoms with Crippen LogP contribution in [0.5, 0.6) is 0 Å². The number of benzene rings is 2. The predicted molar refractivity (Wildman–Crippen MR) is 105 cm³/mol. The number of rotatable bonds is 3. The Kier molecular flexibility index (Phi) is 5.38. The number of aromatic nitrogens is 1. The summed E-state index contributed by atoms with van der Waals surface area (Å²) in [6.45, 7) is 4.00. The molecule has 26 heavy (non-hydrogen) atoms. The van der Waals surface area contributed by atoms with Gasteiger partial charge in [-0.15, -0.1) is 0 Å². The maximum Gasteiger partial charge on any atom is 0.325 e. The van der Waals surface area contributed by atoms with E-state index in [2.05, 4.69) is 27.0 Å². The molecule has 0 fully saturated rings. The highest BCUT2D eigenvalue weighted by Gasteiger charge is 2.15. The number of thiazole rings is 1. The van der Waals surface area contributed by atoms with E-state index < -0.39 is 5.97 Å². The zero-order chi connectivity index (χ0) is 18.8. The molecule has 0 aliphatic rings. The van der Waals surface area contributed by atoms with Gasteiger partial charge in [-0.05, 0) is 59.1 Å². The van der Waals surface area contributed by atoms with Gasteiger partial charge >= 0.3 is 5.97 Å². The molecule has 0 saturated carbocycles. The third kappa shape index (κ3) is 3.64. The van der Waals surface area contributed by atoms with Crippen molar-refractivity contribution in [1.82, 2.24) is 4.57 Å². The van der Waals surface area contributed by atoms with E-state index in [9.17, 15) is 9.59 Å². The highest BCUT2D eigenvalue weighted by Crippen LogP contribution is 2.24. The molecule has 3 aromatic rings. The fraction of sp³-hybridized carbons (Fsp3) is 0.211. The number of carbonyl (C=O) groups is 2. The van der Waals surface area contributed by atoms with Crippen LogP contribution in [0.25, 0.3) is 10.2 Å². The van der Waals surface area contributed by atoms with E-state index in [4.69, 9.17) is 4.74 Å². The Morgan fingerprint density at radius 2 is 1.96 bits per heavy atom. The van der Waals surface area contributed by atoms with Crippen molar-refractivity contribution in [1.29, 1.82) is 0 Å². The van der Waals surface area contributed by atoms with Gasteiger partial charge in [0.25, 0.3) is 5.91 Å². The minimum absolute atomic E-state index is 0.00145. The van der Waals surface area contributed by atoms with Crippen LogP contribution in [0.2, 0.25) is 0 Å². The van der Waals surface area contributed by atoms with E-state index in [1.165, 1.54) is 18.4 Å². The number of ether oxygens (including phenoxy) is 1. The Hall–Kier alpha value is -2.25. The lowest BCUT2D eigenvalue weighted by atomic mass is 10.1. The van der Waals surface area contributed by atoms with Gasteiger partial charge in [-0.1, -0.05) is 29.5 Å². The zero-order valence-electron chi connectivity index (χ0n) is 14.6. The van der Waals surface area contributed by atoms with Gasteiger partial charge in [0.2, 0.25) is 0 Å². The maximum atomic E-state index is 12.7. The molecule has 0 radical (unpaired) electrons. The first kappa shape index (κ1) is 18.5. The molecule has 1 heterocycles. The molecule has 0 N–H and O–H groups in total. The van der Waals surface area contributed by atoms with Gasteiger partial charge in [0.15, 0.2) is 4.80 Å². The molecule has 0 aliphatic carbocycles. The third-order valence-electron chi connectivity index (χ3n) is 3.93. The summed E-state index contributed by atoms with van der Waals surface area (Å²) in [6.07, 6.45) is 0. The number of methoxy groups -OCH3 is 1. The van der Waals surface area contributed by atoms with Crippen molar-refractivity contribution in [3.8, 4) is 0 Å². The molecule has 0 saturated heterocycles. The Bertz CT molecular complexity index is 1080. The van der Waals surface area contributed by atoms with Crippen LogP contribution in [0.1, 0.15) is 21.5 Å². The van der Waals surface area contributed by atoms with Gasteiger partial charge in [-0.3, -0.25) is 9.59 Å². The van der Waals surface area contributed by atoms with Gasteiger partial charge < -0.3 is 9.30 Å². The minimum Gasteiger partial charge on any atom is -0.468 e. The number of hydrogen-bond donors (Lipinski definition) is 0. The second-order valence-corrected chi connectivity index (χ2v) is 7.71. The third-order valence-corrected chi connectivity index (χ3v) is 5.85. The first-order valence-corrected chi connectivity index (χ1v) is 9.52. The molecule has 3 rings (SSSR count). The summed E-state index contributed by atoms with van der Waals surface area (Å²) in [7, 11) is 1.34. The van der Waals surface area contributed by atoms with E-state index in [1.807, 2.05) is 26.0 Å². The molecule has 1 amide bonds. The topological polar surface area (TPSA) is 60.7 Å². The van der Waals surface area contributed by atoms with E-state index in [0.717, 1.165) is 21.3 Å². The highest BCUT2D eigenvalue weighted by molar-refractivity contribution is 9.10. The molecule has 0 spiro atoms. The van der Waals surface area contributed by atoms with Crippen LogP contribution in [0, 0.1) is 13.8 Å². The van der Waals surface area contributed by atoms with E-state index in [0.29, 0.717) is 14.8 Å². The van der Waals surface area contributed by atoms with E-state index in [-0.39, 0.29) is 12.5 Å². The van der Waals surface area contributed by atoms with Crippen LogP contribution < -0.4 is 4.80 Å². The molecule has 2 aromatic carbocycles. The lowest BCUT2D eigenvalue weighted by Gasteiger charge is -2.05. The fourth-order valence-corrected chi connectivity index (χ4v) is 4.26. The molecule has 0 unspecified atom stereocenters. The number of nitrogens with zero attached hydrogens (tertiary/aromatic N) is 2. The Morgan fingerprint density at radius 1 is 1.23 bits per heavy atom. The lowest BCUT2D eigenvalue weighted by Crippen LogP contribution is -2.22. The number of fused-ring (bicyclic) bond motifs is 1. The quantitative estimate of drug-likeness (QED) is 0.587. The number of amides is 1. The summed E-state index contributed by atoms with van der Waals surface area (Å²) in [5, 5.41) is 0. The summed E-state index contributed by atoms with van der Waals surface area (Å²) >= 11 is 4.77. The van der Waals surface area contributed by atoms with Gasteiger partial charge in [-0.2, -0.15) is 4.99 Å². The average molecular weight is 433 g/mol. The number of hydrogen-bond acceptors (Lipinski definition) is 4. The summed E-state index contributed by atoms with van der Waals surface area (Å²) < 4.78 is 8.22. The number of aryl methyl sites for hydroxylation is 2. The minimum atomic E-state index is -0.390. The van der Waals surface area contributed by atoms with Crippen molar-refractivity contribution in [2.45, 2.75) is 20.4 Å². The molecule has 7 heteroatoms. The predicted octanol–water partition coefficient (Wildman–Crippen LogP) is 4.00. The molecule has 1 aromatic heterocycles. The van der Waals surface area contributed by atoms with Crippen molar-refractivity contribution in [2.24, 2.45) is 4.99 Å². The molecule has 5 nitrogen and oxygen atoms in total. The fourth-order valence-electron chi connectivity index (χ4n) is 2.73. The summed E-state index contributed by atoms with van der Waals surface area (Å²) in [6, 6.07) is 11.2. The van der Waals surface area contributed by atoms with Gasteiger partial charge in [0.1, 0.15) is 6.54 Å². The second-order valence-electron chi connectivity index (χ2n) is 5.87. The summed E-state index contributed by atoms with van der Waals surface area (Å²) in [4.78, 5) is 29.3. The smallest absolute Gasteiger partial charge is 0.325 e. The van der Waals surface area contributed by atoms with Crippen LogP contribution in [0.15, 0.2) is 45.9 Å². The van der Waals surface area contributed by atoms with Crippen molar-refractivity contribution >= 4 is 49.4 Å². The number of halogens is 1. The SMILES string of the molecule is COC(=O)Cn1c(=NC(=O)c2ccccc2Br)sc2c(C)cc(C)cc21. The van der Waals surface area contributed by atoms with Crippen LogP contribution >= 0.6 is 27.3 Å². The largest absolute Gasteiger partial charge is 0.468 e. The molecular formula is C19H17BrN2O3S. The molecule has 0 bridgehead atoms. The first-order valence-electron chi connectivity index (χ1n) is 7.91. The normalized spacial score (nSPS) is 11.8. The zero-order valence-corrected chi connectivity index (χ0v) is 17.0. The molecule has 0 atom stereocenters. The van der Waals surface area contributed by atoms with Gasteiger partial charge in [0.05, 0.1) is 22.9 Å². The monoisotopic (exact) mass is 432 g/mol. The Morgan fingerprint density at radius 3 is 2.65 bits per heavy atom. The highest BCUT2D eigenvalue weighted by atomic mass is 79.9. The number of esters is 1. The van der Waals surface area contributed by atoms with Crippen LogP contribution in [-0.4, -0.2) is 23.6 Å². The first-order chi connectivity index (χ1) is 12.4. The van der Waals surface area contributed by atoms with Crippen LogP contribution in [-0.2, 0) is 16.1 Å². The maximum absolute atomic E-state index is 12.7. The van der Waals surface area contributed by atoms with E-state index in [1.54, 1.807) is 22.8 Å². The second kappa shape index (κ2) is 7.55. The van der Waals surface area contributed by atoms with Crippen molar-refractivity contribution in [3.05, 3.63) is 62.4 Å². The summed E-state index contributed by atoms with van der Waals surface area (Å²) in [5.74, 6) is -0.754. The van der Waals surface area contributed by atoms with Gasteiger partial charge in [0, 0.05) is 4.47 Å². The standard InChI is InChI=1S/C19H17BrN2O3S/c1-11-8-12(2)17-15(9-11)22(10-16(23)25-3)19(26-17)21-18(24)13-6-4-5-7-14(13)20/h4-9H,10H2,1-3H3. The lowest BCUT2D eigenvalue weighted by molar-refractivity contribution is -0.141. The Balaban J connectivity index is 2.22. The van der Waals surface area contributed by atoms with Gasteiger partial charge in [-0.25, -0.2) is 0 Å². The number of carbonyl (C=O) groups excluding carboxylic acids is 2. The van der Waals surface area contributed by atoms with E-state index >= 15 is 0 Å². The molecule has 134 valence electrons.